The van der Waals surface area contributed by atoms with Gasteiger partial charge in [0.05, 0.1) is 12.0 Å². The van der Waals surface area contributed by atoms with Crippen molar-refractivity contribution in [3.63, 3.8) is 0 Å². The van der Waals surface area contributed by atoms with Crippen LogP contribution in [0.2, 0.25) is 0 Å². The molecular formula is C15H18N2O. The van der Waals surface area contributed by atoms with Gasteiger partial charge < -0.3 is 5.32 Å². The molecule has 3 nitrogen and oxygen atoms in total. The molecule has 0 aromatic heterocycles. The summed E-state index contributed by atoms with van der Waals surface area (Å²) in [6, 6.07) is 10.0. The number of hydrogen-bond acceptors (Lipinski definition) is 2. The summed E-state index contributed by atoms with van der Waals surface area (Å²) in [5.41, 5.74) is 2.12. The number of carbonyl (C=O) groups excluding carboxylic acids is 1. The van der Waals surface area contributed by atoms with Gasteiger partial charge in [0, 0.05) is 13.0 Å². The van der Waals surface area contributed by atoms with E-state index in [9.17, 15) is 4.79 Å². The highest BCUT2D eigenvalue weighted by Crippen LogP contribution is 2.19. The summed E-state index contributed by atoms with van der Waals surface area (Å²) in [5, 5.41) is 11.8. The van der Waals surface area contributed by atoms with Crippen LogP contribution >= 0.6 is 0 Å². The van der Waals surface area contributed by atoms with Crippen LogP contribution in [0.4, 0.5) is 0 Å². The monoisotopic (exact) mass is 242 g/mol. The maximum absolute atomic E-state index is 11.6. The van der Waals surface area contributed by atoms with E-state index in [1.807, 2.05) is 24.3 Å². The van der Waals surface area contributed by atoms with Gasteiger partial charge in [-0.05, 0) is 17.5 Å². The van der Waals surface area contributed by atoms with Gasteiger partial charge >= 0.3 is 0 Å². The molecule has 18 heavy (non-hydrogen) atoms. The molecule has 0 aliphatic heterocycles. The van der Waals surface area contributed by atoms with E-state index in [4.69, 9.17) is 5.26 Å². The van der Waals surface area contributed by atoms with Gasteiger partial charge in [-0.2, -0.15) is 5.26 Å². The number of hydrogen-bond donors (Lipinski definition) is 1. The number of carbonyl (C=O) groups is 1. The van der Waals surface area contributed by atoms with Crippen LogP contribution in [0.15, 0.2) is 36.9 Å². The molecule has 0 aliphatic rings. The predicted molar refractivity (Wildman–Crippen MR) is 72.0 cm³/mol. The lowest BCUT2D eigenvalue weighted by atomic mass is 9.95. The normalized spacial score (nSPS) is 11.3. The third-order valence-corrected chi connectivity index (χ3v) is 2.78. The van der Waals surface area contributed by atoms with E-state index in [0.717, 1.165) is 12.0 Å². The molecule has 0 bridgehead atoms. The van der Waals surface area contributed by atoms with Crippen LogP contribution in [0.5, 0.6) is 0 Å². The SMILES string of the molecule is C=CCNC(=O)CC(C#N)c1ccc(CC)cc1. The number of nitrogens with zero attached hydrogens (tertiary/aromatic N) is 1. The summed E-state index contributed by atoms with van der Waals surface area (Å²) >= 11 is 0. The molecule has 1 aromatic carbocycles. The summed E-state index contributed by atoms with van der Waals surface area (Å²) in [5.74, 6) is -0.512. The minimum atomic E-state index is -0.388. The largest absolute Gasteiger partial charge is 0.353 e. The van der Waals surface area contributed by atoms with E-state index in [-0.39, 0.29) is 18.2 Å². The zero-order valence-corrected chi connectivity index (χ0v) is 10.6. The van der Waals surface area contributed by atoms with Crippen molar-refractivity contribution in [2.45, 2.75) is 25.7 Å². The molecule has 0 heterocycles. The van der Waals surface area contributed by atoms with Crippen LogP contribution in [0.1, 0.15) is 30.4 Å². The Hall–Kier alpha value is -2.08. The Morgan fingerprint density at radius 3 is 2.67 bits per heavy atom. The number of nitriles is 1. The summed E-state index contributed by atoms with van der Waals surface area (Å²) < 4.78 is 0. The Balaban J connectivity index is 2.68. The fraction of sp³-hybridized carbons (Fsp3) is 0.333. The van der Waals surface area contributed by atoms with Crippen molar-refractivity contribution in [2.75, 3.05) is 6.54 Å². The fourth-order valence-electron chi connectivity index (χ4n) is 1.67. The third kappa shape index (κ3) is 4.06. The molecule has 1 rings (SSSR count). The van der Waals surface area contributed by atoms with Gasteiger partial charge in [0.2, 0.25) is 5.91 Å². The first-order chi connectivity index (χ1) is 8.71. The minimum absolute atomic E-state index is 0.124. The maximum Gasteiger partial charge on any atom is 0.221 e. The molecule has 0 saturated heterocycles. The van der Waals surface area contributed by atoms with Gasteiger partial charge in [-0.3, -0.25) is 4.79 Å². The first-order valence-corrected chi connectivity index (χ1v) is 6.07. The van der Waals surface area contributed by atoms with Crippen molar-refractivity contribution in [1.29, 1.82) is 5.26 Å². The Morgan fingerprint density at radius 1 is 1.50 bits per heavy atom. The molecule has 0 aliphatic carbocycles. The van der Waals surface area contributed by atoms with E-state index < -0.39 is 0 Å². The standard InChI is InChI=1S/C15H18N2O/c1-3-9-17-15(18)10-14(11-16)13-7-5-12(4-2)6-8-13/h3,5-8,14H,1,4,9-10H2,2H3,(H,17,18). The average Bonchev–Trinajstić information content (AvgIpc) is 2.42. The van der Waals surface area contributed by atoms with Gasteiger partial charge in [0.25, 0.3) is 0 Å². The number of amides is 1. The second-order valence-corrected chi connectivity index (χ2v) is 4.07. The topological polar surface area (TPSA) is 52.9 Å². The van der Waals surface area contributed by atoms with E-state index in [1.54, 1.807) is 6.08 Å². The summed E-state index contributed by atoms with van der Waals surface area (Å²) in [6.45, 7) is 6.05. The smallest absolute Gasteiger partial charge is 0.221 e. The molecular weight excluding hydrogens is 224 g/mol. The van der Waals surface area contributed by atoms with Gasteiger partial charge in [-0.1, -0.05) is 37.3 Å². The Labute approximate surface area is 108 Å². The summed E-state index contributed by atoms with van der Waals surface area (Å²) in [6.07, 6.45) is 2.78. The van der Waals surface area contributed by atoms with Crippen molar-refractivity contribution in [1.82, 2.24) is 5.32 Å². The predicted octanol–water partition coefficient (Wildman–Crippen LogP) is 2.55. The highest BCUT2D eigenvalue weighted by molar-refractivity contribution is 5.77. The second kappa shape index (κ2) is 7.29. The van der Waals surface area contributed by atoms with Crippen LogP contribution in [0.3, 0.4) is 0 Å². The lowest BCUT2D eigenvalue weighted by molar-refractivity contribution is -0.121. The van der Waals surface area contributed by atoms with Crippen molar-refractivity contribution in [3.05, 3.63) is 48.0 Å². The molecule has 1 N–H and O–H groups in total. The highest BCUT2D eigenvalue weighted by atomic mass is 16.1. The number of benzene rings is 1. The second-order valence-electron chi connectivity index (χ2n) is 4.07. The molecule has 0 radical (unpaired) electrons. The fourth-order valence-corrected chi connectivity index (χ4v) is 1.67. The molecule has 1 amide bonds. The van der Waals surface area contributed by atoms with Crippen LogP contribution < -0.4 is 5.32 Å². The first-order valence-electron chi connectivity index (χ1n) is 6.07. The van der Waals surface area contributed by atoms with Crippen molar-refractivity contribution < 1.29 is 4.79 Å². The van der Waals surface area contributed by atoms with Crippen molar-refractivity contribution in [2.24, 2.45) is 0 Å². The Morgan fingerprint density at radius 2 is 2.17 bits per heavy atom. The maximum atomic E-state index is 11.6. The Bertz CT molecular complexity index is 443. The zero-order valence-electron chi connectivity index (χ0n) is 10.6. The molecule has 0 fully saturated rings. The van der Waals surface area contributed by atoms with E-state index in [2.05, 4.69) is 24.9 Å². The number of aryl methyl sites for hydroxylation is 1. The van der Waals surface area contributed by atoms with Gasteiger partial charge in [-0.25, -0.2) is 0 Å². The van der Waals surface area contributed by atoms with Gasteiger partial charge in [-0.15, -0.1) is 6.58 Å². The Kier molecular flexibility index (Phi) is 5.66. The van der Waals surface area contributed by atoms with Crippen LogP contribution in [0.25, 0.3) is 0 Å². The van der Waals surface area contributed by atoms with Gasteiger partial charge in [0.15, 0.2) is 0 Å². The third-order valence-electron chi connectivity index (χ3n) is 2.78. The van der Waals surface area contributed by atoms with Gasteiger partial charge in [0.1, 0.15) is 0 Å². The molecule has 94 valence electrons. The lowest BCUT2D eigenvalue weighted by Crippen LogP contribution is -2.24. The molecule has 0 spiro atoms. The molecule has 1 atom stereocenters. The lowest BCUT2D eigenvalue weighted by Gasteiger charge is -2.09. The molecule has 1 aromatic rings. The summed E-state index contributed by atoms with van der Waals surface area (Å²) in [7, 11) is 0. The summed E-state index contributed by atoms with van der Waals surface area (Å²) in [4.78, 5) is 11.6. The number of nitrogens with one attached hydrogen (secondary N) is 1. The highest BCUT2D eigenvalue weighted by Gasteiger charge is 2.14. The van der Waals surface area contributed by atoms with Crippen LogP contribution in [-0.2, 0) is 11.2 Å². The molecule has 1 unspecified atom stereocenters. The van der Waals surface area contributed by atoms with Crippen molar-refractivity contribution in [3.8, 4) is 6.07 Å². The molecule has 0 saturated carbocycles. The minimum Gasteiger partial charge on any atom is -0.353 e. The first kappa shape index (κ1) is 14.0. The quantitative estimate of drug-likeness (QED) is 0.779. The molecule has 3 heteroatoms. The van der Waals surface area contributed by atoms with Crippen LogP contribution in [-0.4, -0.2) is 12.5 Å². The van der Waals surface area contributed by atoms with E-state index >= 15 is 0 Å². The zero-order chi connectivity index (χ0) is 13.4. The van der Waals surface area contributed by atoms with E-state index in [1.165, 1.54) is 5.56 Å². The van der Waals surface area contributed by atoms with Crippen LogP contribution in [0, 0.1) is 11.3 Å². The van der Waals surface area contributed by atoms with E-state index in [0.29, 0.717) is 6.54 Å². The average molecular weight is 242 g/mol. The van der Waals surface area contributed by atoms with Crippen molar-refractivity contribution >= 4 is 5.91 Å². The number of rotatable bonds is 6.